The Kier molecular flexibility index (Phi) is 8.62. The molecule has 0 amide bonds. The fourth-order valence-electron chi connectivity index (χ4n) is 2.62. The molecular formula is C16H31NO2S. The van der Waals surface area contributed by atoms with Crippen LogP contribution in [-0.2, 0) is 9.53 Å². The molecule has 0 bridgehead atoms. The zero-order valence-corrected chi connectivity index (χ0v) is 14.2. The van der Waals surface area contributed by atoms with Gasteiger partial charge in [0.15, 0.2) is 0 Å². The van der Waals surface area contributed by atoms with Crippen LogP contribution in [0.4, 0.5) is 0 Å². The molecule has 0 spiro atoms. The van der Waals surface area contributed by atoms with Crippen LogP contribution in [0.5, 0.6) is 0 Å². The van der Waals surface area contributed by atoms with E-state index in [4.69, 9.17) is 4.74 Å². The second-order valence-corrected chi connectivity index (χ2v) is 7.27. The molecule has 3 nitrogen and oxygen atoms in total. The highest BCUT2D eigenvalue weighted by atomic mass is 32.2. The van der Waals surface area contributed by atoms with Crippen molar-refractivity contribution < 1.29 is 9.53 Å². The minimum Gasteiger partial charge on any atom is -0.465 e. The molecule has 0 aliphatic heterocycles. The molecule has 0 radical (unpaired) electrons. The van der Waals surface area contributed by atoms with Crippen LogP contribution < -0.4 is 5.32 Å². The van der Waals surface area contributed by atoms with Crippen LogP contribution >= 0.6 is 11.8 Å². The monoisotopic (exact) mass is 301 g/mol. The summed E-state index contributed by atoms with van der Waals surface area (Å²) in [6, 6.07) is 0. The van der Waals surface area contributed by atoms with Crippen LogP contribution in [0, 0.1) is 0 Å². The number of thioether (sulfide) groups is 1. The van der Waals surface area contributed by atoms with Crippen molar-refractivity contribution in [2.45, 2.75) is 76.5 Å². The van der Waals surface area contributed by atoms with Crippen molar-refractivity contribution in [2.24, 2.45) is 0 Å². The Morgan fingerprint density at radius 1 is 1.30 bits per heavy atom. The second-order valence-electron chi connectivity index (χ2n) is 5.86. The topological polar surface area (TPSA) is 38.3 Å². The van der Waals surface area contributed by atoms with Gasteiger partial charge in [0.05, 0.1) is 6.61 Å². The fourth-order valence-corrected chi connectivity index (χ4v) is 4.14. The molecule has 1 atom stereocenters. The van der Waals surface area contributed by atoms with Crippen LogP contribution in [0.25, 0.3) is 0 Å². The number of nitrogens with one attached hydrogen (secondary N) is 1. The van der Waals surface area contributed by atoms with Crippen molar-refractivity contribution in [3.05, 3.63) is 0 Å². The molecule has 1 N–H and O–H groups in total. The van der Waals surface area contributed by atoms with Crippen LogP contribution in [0.2, 0.25) is 0 Å². The molecule has 1 unspecified atom stereocenters. The van der Waals surface area contributed by atoms with E-state index >= 15 is 0 Å². The average Bonchev–Trinajstić information content (AvgIpc) is 2.46. The summed E-state index contributed by atoms with van der Waals surface area (Å²) in [4.78, 5) is 12.2. The summed E-state index contributed by atoms with van der Waals surface area (Å²) < 4.78 is 5.24. The molecule has 1 fully saturated rings. The maximum absolute atomic E-state index is 12.2. The quantitative estimate of drug-likeness (QED) is 0.658. The lowest BCUT2D eigenvalue weighted by Gasteiger charge is -2.29. The SMILES string of the molecule is CCCNC(C)(CCSC1CCCCC1)C(=O)OCC. The standard InChI is InChI=1S/C16H31NO2S/c1-4-12-17-16(3,15(18)19-5-2)11-13-20-14-9-7-6-8-10-14/h14,17H,4-13H2,1-3H3. The Labute approximate surface area is 128 Å². The Hall–Kier alpha value is -0.220. The predicted octanol–water partition coefficient (Wildman–Crippen LogP) is 3.76. The summed E-state index contributed by atoms with van der Waals surface area (Å²) in [6.45, 7) is 7.30. The number of rotatable bonds is 9. The molecule has 0 aromatic rings. The van der Waals surface area contributed by atoms with Crippen LogP contribution in [-0.4, -0.2) is 35.7 Å². The highest BCUT2D eigenvalue weighted by Gasteiger charge is 2.33. The average molecular weight is 301 g/mol. The van der Waals surface area contributed by atoms with Crippen molar-refractivity contribution in [1.29, 1.82) is 0 Å². The normalized spacial score (nSPS) is 19.6. The molecule has 1 rings (SSSR count). The molecule has 0 saturated heterocycles. The second kappa shape index (κ2) is 9.67. The molecule has 0 heterocycles. The fraction of sp³-hybridized carbons (Fsp3) is 0.938. The molecule has 1 saturated carbocycles. The minimum atomic E-state index is -0.520. The van der Waals surface area contributed by atoms with Crippen LogP contribution in [0.3, 0.4) is 0 Å². The van der Waals surface area contributed by atoms with E-state index in [2.05, 4.69) is 12.2 Å². The van der Waals surface area contributed by atoms with Crippen LogP contribution in [0.1, 0.15) is 65.7 Å². The number of carbonyl (C=O) groups is 1. The lowest BCUT2D eigenvalue weighted by Crippen LogP contribution is -2.51. The molecule has 0 aromatic carbocycles. The smallest absolute Gasteiger partial charge is 0.326 e. The van der Waals surface area contributed by atoms with Crippen molar-refractivity contribution in [1.82, 2.24) is 5.32 Å². The van der Waals surface area contributed by atoms with Gasteiger partial charge in [-0.25, -0.2) is 0 Å². The van der Waals surface area contributed by atoms with E-state index in [-0.39, 0.29) is 5.97 Å². The molecule has 20 heavy (non-hydrogen) atoms. The maximum atomic E-state index is 12.2. The van der Waals surface area contributed by atoms with E-state index < -0.39 is 5.54 Å². The lowest BCUT2D eigenvalue weighted by molar-refractivity contribution is -0.150. The Morgan fingerprint density at radius 3 is 2.60 bits per heavy atom. The Morgan fingerprint density at radius 2 is 2.00 bits per heavy atom. The van der Waals surface area contributed by atoms with Crippen molar-refractivity contribution in [3.63, 3.8) is 0 Å². The van der Waals surface area contributed by atoms with Gasteiger partial charge in [0.1, 0.15) is 5.54 Å². The number of ether oxygens (including phenoxy) is 1. The van der Waals surface area contributed by atoms with E-state index in [1.165, 1.54) is 32.1 Å². The number of hydrogen-bond donors (Lipinski definition) is 1. The summed E-state index contributed by atoms with van der Waals surface area (Å²) in [5.41, 5.74) is -0.520. The maximum Gasteiger partial charge on any atom is 0.326 e. The number of carbonyl (C=O) groups excluding carboxylic acids is 1. The first-order chi connectivity index (χ1) is 9.62. The third-order valence-electron chi connectivity index (χ3n) is 4.00. The molecule has 118 valence electrons. The third-order valence-corrected chi connectivity index (χ3v) is 5.38. The Bertz CT molecular complexity index is 280. The van der Waals surface area contributed by atoms with Gasteiger partial charge in [0, 0.05) is 5.25 Å². The summed E-state index contributed by atoms with van der Waals surface area (Å²) in [7, 11) is 0. The first-order valence-corrected chi connectivity index (χ1v) is 9.21. The zero-order valence-electron chi connectivity index (χ0n) is 13.4. The molecular weight excluding hydrogens is 270 g/mol. The van der Waals surface area contributed by atoms with Gasteiger partial charge in [-0.1, -0.05) is 26.2 Å². The predicted molar refractivity (Wildman–Crippen MR) is 87.3 cm³/mol. The van der Waals surface area contributed by atoms with E-state index in [9.17, 15) is 4.79 Å². The molecule has 1 aliphatic carbocycles. The van der Waals surface area contributed by atoms with Crippen LogP contribution in [0.15, 0.2) is 0 Å². The lowest BCUT2D eigenvalue weighted by atomic mass is 9.99. The first kappa shape index (κ1) is 17.8. The van der Waals surface area contributed by atoms with Crippen molar-refractivity contribution >= 4 is 17.7 Å². The van der Waals surface area contributed by atoms with Gasteiger partial charge in [-0.2, -0.15) is 11.8 Å². The summed E-state index contributed by atoms with van der Waals surface area (Å²) >= 11 is 2.05. The van der Waals surface area contributed by atoms with E-state index in [1.807, 2.05) is 25.6 Å². The summed E-state index contributed by atoms with van der Waals surface area (Å²) in [5, 5.41) is 4.19. The highest BCUT2D eigenvalue weighted by molar-refractivity contribution is 7.99. The van der Waals surface area contributed by atoms with Gasteiger partial charge in [0.25, 0.3) is 0 Å². The number of esters is 1. The Balaban J connectivity index is 2.40. The first-order valence-electron chi connectivity index (χ1n) is 8.16. The third kappa shape index (κ3) is 6.04. The van der Waals surface area contributed by atoms with Gasteiger partial charge in [-0.15, -0.1) is 0 Å². The summed E-state index contributed by atoms with van der Waals surface area (Å²) in [6.07, 6.45) is 8.74. The number of hydrogen-bond acceptors (Lipinski definition) is 4. The van der Waals surface area contributed by atoms with Crippen molar-refractivity contribution in [2.75, 3.05) is 18.9 Å². The molecule has 1 aliphatic rings. The van der Waals surface area contributed by atoms with Gasteiger partial charge < -0.3 is 10.1 Å². The largest absolute Gasteiger partial charge is 0.465 e. The van der Waals surface area contributed by atoms with E-state index in [0.717, 1.165) is 30.4 Å². The van der Waals surface area contributed by atoms with Gasteiger partial charge >= 0.3 is 5.97 Å². The molecule has 0 aromatic heterocycles. The highest BCUT2D eigenvalue weighted by Crippen LogP contribution is 2.29. The van der Waals surface area contributed by atoms with Gasteiger partial charge in [-0.05, 0) is 51.8 Å². The summed E-state index contributed by atoms with van der Waals surface area (Å²) in [5.74, 6) is 0.939. The van der Waals surface area contributed by atoms with Crippen molar-refractivity contribution in [3.8, 4) is 0 Å². The van der Waals surface area contributed by atoms with E-state index in [1.54, 1.807) is 0 Å². The zero-order chi connectivity index (χ0) is 14.8. The minimum absolute atomic E-state index is 0.0994. The van der Waals surface area contributed by atoms with Gasteiger partial charge in [-0.3, -0.25) is 4.79 Å². The van der Waals surface area contributed by atoms with Gasteiger partial charge in [0.2, 0.25) is 0 Å². The van der Waals surface area contributed by atoms with E-state index in [0.29, 0.717) is 6.61 Å². The molecule has 4 heteroatoms.